The van der Waals surface area contributed by atoms with E-state index < -0.39 is 0 Å². The van der Waals surface area contributed by atoms with Crippen molar-refractivity contribution in [3.63, 3.8) is 0 Å². The monoisotopic (exact) mass is 384 g/mol. The summed E-state index contributed by atoms with van der Waals surface area (Å²) >= 11 is 7.31. The number of para-hydroxylation sites is 2. The van der Waals surface area contributed by atoms with Gasteiger partial charge in [-0.2, -0.15) is 0 Å². The largest absolute Gasteiger partial charge is 0.319 e. The van der Waals surface area contributed by atoms with Gasteiger partial charge in [0, 0.05) is 17.9 Å². The van der Waals surface area contributed by atoms with Crippen molar-refractivity contribution in [1.82, 2.24) is 15.0 Å². The molecule has 0 bridgehead atoms. The van der Waals surface area contributed by atoms with Crippen molar-refractivity contribution < 1.29 is 4.79 Å². The minimum absolute atomic E-state index is 0.144. The summed E-state index contributed by atoms with van der Waals surface area (Å²) in [6.45, 7) is 0. The van der Waals surface area contributed by atoms with Crippen LogP contribution in [0.3, 0.4) is 0 Å². The number of aromatic amines is 1. The van der Waals surface area contributed by atoms with Crippen LogP contribution < -0.4 is 10.9 Å². The number of anilines is 1. The Labute approximate surface area is 156 Å². The summed E-state index contributed by atoms with van der Waals surface area (Å²) in [5.74, 6) is -0.218. The smallest absolute Gasteiger partial charge is 0.270 e. The molecule has 1 amide bonds. The molecule has 0 aliphatic carbocycles. The molecule has 26 heavy (non-hydrogen) atoms. The molecule has 4 rings (SSSR count). The number of amides is 1. The Morgan fingerprint density at radius 2 is 2.00 bits per heavy atom. The van der Waals surface area contributed by atoms with E-state index in [-0.39, 0.29) is 24.3 Å². The lowest BCUT2D eigenvalue weighted by atomic mass is 10.2. The quantitative estimate of drug-likeness (QED) is 0.560. The fourth-order valence-electron chi connectivity index (χ4n) is 2.60. The summed E-state index contributed by atoms with van der Waals surface area (Å²) in [6.07, 6.45) is 0.397. The van der Waals surface area contributed by atoms with Crippen LogP contribution in [0, 0.1) is 0 Å². The highest BCUT2D eigenvalue weighted by Gasteiger charge is 2.11. The highest BCUT2D eigenvalue weighted by atomic mass is 35.5. The number of rotatable bonds is 4. The van der Waals surface area contributed by atoms with E-state index >= 15 is 0 Å². The van der Waals surface area contributed by atoms with Crippen LogP contribution in [-0.2, 0) is 11.2 Å². The van der Waals surface area contributed by atoms with E-state index in [0.717, 1.165) is 10.2 Å². The maximum atomic E-state index is 12.2. The van der Waals surface area contributed by atoms with Crippen LogP contribution in [-0.4, -0.2) is 20.9 Å². The number of aromatic nitrogens is 3. The number of halogens is 1. The van der Waals surface area contributed by atoms with Crippen LogP contribution in [0.1, 0.15) is 12.1 Å². The van der Waals surface area contributed by atoms with Crippen LogP contribution in [0.15, 0.2) is 47.3 Å². The first kappa shape index (κ1) is 16.7. The zero-order valence-electron chi connectivity index (χ0n) is 13.5. The number of hydrogen-bond donors (Lipinski definition) is 2. The average molecular weight is 385 g/mol. The van der Waals surface area contributed by atoms with Crippen molar-refractivity contribution in [1.29, 1.82) is 0 Å². The molecule has 0 unspecified atom stereocenters. The van der Waals surface area contributed by atoms with Gasteiger partial charge in [0.15, 0.2) is 5.13 Å². The number of aryl methyl sites for hydroxylation is 1. The third kappa shape index (κ3) is 3.44. The number of thiazole rings is 1. The van der Waals surface area contributed by atoms with Gasteiger partial charge in [-0.1, -0.05) is 35.1 Å². The summed E-state index contributed by atoms with van der Waals surface area (Å²) in [5, 5.41) is 3.90. The Morgan fingerprint density at radius 3 is 2.88 bits per heavy atom. The van der Waals surface area contributed by atoms with Crippen LogP contribution in [0.25, 0.3) is 21.3 Å². The van der Waals surface area contributed by atoms with Crippen molar-refractivity contribution >= 4 is 55.2 Å². The van der Waals surface area contributed by atoms with E-state index in [4.69, 9.17) is 11.6 Å². The molecule has 0 radical (unpaired) electrons. The van der Waals surface area contributed by atoms with Gasteiger partial charge in [-0.3, -0.25) is 9.59 Å². The standard InChI is InChI=1S/C18H13ClN4O2S/c19-10-5-6-13-15(9-10)26-18(22-13)23-16(24)8-7-14-17(25)21-12-4-2-1-3-11(12)20-14/h1-6,9H,7-8H2,(H,21,25)(H,22,23,24). The maximum Gasteiger partial charge on any atom is 0.270 e. The van der Waals surface area contributed by atoms with Gasteiger partial charge in [-0.15, -0.1) is 0 Å². The van der Waals surface area contributed by atoms with Crippen molar-refractivity contribution in [2.24, 2.45) is 0 Å². The van der Waals surface area contributed by atoms with Gasteiger partial charge in [0.05, 0.1) is 21.3 Å². The van der Waals surface area contributed by atoms with E-state index in [1.165, 1.54) is 11.3 Å². The van der Waals surface area contributed by atoms with Crippen LogP contribution >= 0.6 is 22.9 Å². The zero-order valence-corrected chi connectivity index (χ0v) is 15.0. The second-order valence-corrected chi connectivity index (χ2v) is 7.18. The van der Waals surface area contributed by atoms with E-state index in [1.54, 1.807) is 12.1 Å². The van der Waals surface area contributed by atoms with E-state index in [9.17, 15) is 9.59 Å². The van der Waals surface area contributed by atoms with Crippen LogP contribution in [0.2, 0.25) is 5.02 Å². The number of H-pyrrole nitrogens is 1. The van der Waals surface area contributed by atoms with Gasteiger partial charge in [0.2, 0.25) is 5.91 Å². The third-order valence-electron chi connectivity index (χ3n) is 3.86. The Hall–Kier alpha value is -2.77. The van der Waals surface area contributed by atoms with Crippen LogP contribution in [0.4, 0.5) is 5.13 Å². The molecule has 8 heteroatoms. The van der Waals surface area contributed by atoms with Gasteiger partial charge in [0.1, 0.15) is 5.69 Å². The molecule has 0 atom stereocenters. The van der Waals surface area contributed by atoms with Crippen molar-refractivity contribution in [2.75, 3.05) is 5.32 Å². The van der Waals surface area contributed by atoms with Gasteiger partial charge < -0.3 is 10.3 Å². The summed E-state index contributed by atoms with van der Waals surface area (Å²) in [4.78, 5) is 35.8. The summed E-state index contributed by atoms with van der Waals surface area (Å²) < 4.78 is 0.903. The summed E-state index contributed by atoms with van der Waals surface area (Å²) in [6, 6.07) is 12.7. The SMILES string of the molecule is O=C(CCc1nc2ccccc2[nH]c1=O)Nc1nc2ccc(Cl)cc2s1. The summed E-state index contributed by atoms with van der Waals surface area (Å²) in [5.41, 5.74) is 2.23. The van der Waals surface area contributed by atoms with E-state index in [0.29, 0.717) is 26.9 Å². The molecule has 6 nitrogen and oxygen atoms in total. The number of benzene rings is 2. The molecule has 0 saturated heterocycles. The van der Waals surface area contributed by atoms with Gasteiger partial charge in [-0.25, -0.2) is 9.97 Å². The van der Waals surface area contributed by atoms with Crippen LogP contribution in [0.5, 0.6) is 0 Å². The van der Waals surface area contributed by atoms with Gasteiger partial charge in [-0.05, 0) is 30.3 Å². The number of fused-ring (bicyclic) bond motifs is 2. The molecule has 2 heterocycles. The molecule has 0 aliphatic rings. The molecule has 130 valence electrons. The molecule has 2 N–H and O–H groups in total. The fourth-order valence-corrected chi connectivity index (χ4v) is 3.76. The normalized spacial score (nSPS) is 11.1. The molecular formula is C18H13ClN4O2S. The van der Waals surface area contributed by atoms with Gasteiger partial charge >= 0.3 is 0 Å². The molecule has 4 aromatic rings. The first-order valence-electron chi connectivity index (χ1n) is 7.92. The molecule has 2 aromatic heterocycles. The van der Waals surface area contributed by atoms with E-state index in [1.807, 2.05) is 30.3 Å². The molecule has 2 aromatic carbocycles. The Kier molecular flexibility index (Phi) is 4.40. The van der Waals surface area contributed by atoms with Crippen molar-refractivity contribution in [3.05, 3.63) is 63.5 Å². The molecule has 0 fully saturated rings. The minimum atomic E-state index is -0.272. The highest BCUT2D eigenvalue weighted by Crippen LogP contribution is 2.28. The highest BCUT2D eigenvalue weighted by molar-refractivity contribution is 7.22. The average Bonchev–Trinajstić information content (AvgIpc) is 3.01. The lowest BCUT2D eigenvalue weighted by molar-refractivity contribution is -0.116. The van der Waals surface area contributed by atoms with Crippen molar-refractivity contribution in [2.45, 2.75) is 12.8 Å². The third-order valence-corrected chi connectivity index (χ3v) is 5.02. The molecule has 0 spiro atoms. The number of nitrogens with one attached hydrogen (secondary N) is 2. The topological polar surface area (TPSA) is 87.7 Å². The first-order valence-corrected chi connectivity index (χ1v) is 9.12. The predicted molar refractivity (Wildman–Crippen MR) is 104 cm³/mol. The Morgan fingerprint density at radius 1 is 1.15 bits per heavy atom. The Bertz CT molecular complexity index is 1180. The first-order chi connectivity index (χ1) is 12.6. The lowest BCUT2D eigenvalue weighted by Gasteiger charge is -2.03. The van der Waals surface area contributed by atoms with Crippen molar-refractivity contribution in [3.8, 4) is 0 Å². The summed E-state index contributed by atoms with van der Waals surface area (Å²) in [7, 11) is 0. The minimum Gasteiger partial charge on any atom is -0.319 e. The number of hydrogen-bond acceptors (Lipinski definition) is 5. The maximum absolute atomic E-state index is 12.2. The number of carbonyl (C=O) groups excluding carboxylic acids is 1. The Balaban J connectivity index is 1.46. The molecule has 0 saturated carbocycles. The van der Waals surface area contributed by atoms with Gasteiger partial charge in [0.25, 0.3) is 5.56 Å². The predicted octanol–water partition coefficient (Wildman–Crippen LogP) is 3.76. The second kappa shape index (κ2) is 6.86. The lowest BCUT2D eigenvalue weighted by Crippen LogP contribution is -2.18. The fraction of sp³-hybridized carbons (Fsp3) is 0.111. The number of carbonyl (C=O) groups is 1. The molecule has 0 aliphatic heterocycles. The number of nitrogens with zero attached hydrogens (tertiary/aromatic N) is 2. The second-order valence-electron chi connectivity index (χ2n) is 5.71. The van der Waals surface area contributed by atoms with E-state index in [2.05, 4.69) is 20.3 Å². The molecular weight excluding hydrogens is 372 g/mol. The zero-order chi connectivity index (χ0) is 18.1.